The van der Waals surface area contributed by atoms with Gasteiger partial charge >= 0.3 is 0 Å². The van der Waals surface area contributed by atoms with Gasteiger partial charge in [0, 0.05) is 19.7 Å². The first-order valence-corrected chi connectivity index (χ1v) is 8.61. The van der Waals surface area contributed by atoms with Crippen molar-refractivity contribution in [3.8, 4) is 5.75 Å². The number of nitrogens with zero attached hydrogens (tertiary/aromatic N) is 3. The van der Waals surface area contributed by atoms with Crippen LogP contribution in [-0.4, -0.2) is 35.6 Å². The number of carbonyl (C=O) groups is 1. The lowest BCUT2D eigenvalue weighted by atomic mass is 10.2. The van der Waals surface area contributed by atoms with E-state index in [1.165, 1.54) is 6.33 Å². The van der Waals surface area contributed by atoms with Gasteiger partial charge in [-0.3, -0.25) is 4.79 Å². The van der Waals surface area contributed by atoms with E-state index in [4.69, 9.17) is 4.74 Å². The Bertz CT molecular complexity index is 703. The summed E-state index contributed by atoms with van der Waals surface area (Å²) in [7, 11) is 1.96. The van der Waals surface area contributed by atoms with Gasteiger partial charge in [-0.05, 0) is 32.4 Å². The fourth-order valence-corrected chi connectivity index (χ4v) is 2.30. The van der Waals surface area contributed by atoms with Gasteiger partial charge in [0.2, 0.25) is 0 Å². The maximum atomic E-state index is 12.6. The molecule has 0 bridgehead atoms. The monoisotopic (exact) mass is 342 g/mol. The molecule has 0 atom stereocenters. The first kappa shape index (κ1) is 18.7. The molecule has 0 fully saturated rings. The summed E-state index contributed by atoms with van der Waals surface area (Å²) in [5.74, 6) is 1.09. The highest BCUT2D eigenvalue weighted by Gasteiger charge is 2.13. The highest BCUT2D eigenvalue weighted by atomic mass is 16.5. The van der Waals surface area contributed by atoms with Crippen molar-refractivity contribution in [2.75, 3.05) is 23.8 Å². The summed E-state index contributed by atoms with van der Waals surface area (Å²) in [6.07, 6.45) is 3.62. The summed E-state index contributed by atoms with van der Waals surface area (Å²) in [6.45, 7) is 6.92. The van der Waals surface area contributed by atoms with Crippen LogP contribution in [-0.2, 0) is 0 Å². The van der Waals surface area contributed by atoms with Crippen molar-refractivity contribution in [1.29, 1.82) is 0 Å². The van der Waals surface area contributed by atoms with E-state index < -0.39 is 0 Å². The Hall–Kier alpha value is -2.63. The van der Waals surface area contributed by atoms with Crippen LogP contribution < -0.4 is 15.0 Å². The van der Waals surface area contributed by atoms with Gasteiger partial charge in [0.15, 0.2) is 0 Å². The van der Waals surface area contributed by atoms with E-state index in [1.807, 2.05) is 50.1 Å². The third-order valence-corrected chi connectivity index (χ3v) is 3.62. The number of nitrogens with one attached hydrogen (secondary N) is 1. The maximum absolute atomic E-state index is 12.6. The number of ether oxygens (including phenoxy) is 1. The summed E-state index contributed by atoms with van der Waals surface area (Å²) < 4.78 is 5.73. The average Bonchev–Trinajstić information content (AvgIpc) is 2.61. The molecule has 0 aliphatic rings. The van der Waals surface area contributed by atoms with Gasteiger partial charge in [0.05, 0.1) is 11.8 Å². The van der Waals surface area contributed by atoms with Crippen molar-refractivity contribution >= 4 is 17.4 Å². The molecule has 1 aromatic heterocycles. The molecular weight excluding hydrogens is 316 g/mol. The van der Waals surface area contributed by atoms with E-state index in [1.54, 1.807) is 6.07 Å². The minimum absolute atomic E-state index is 0.0240. The number of para-hydroxylation sites is 2. The molecule has 6 nitrogen and oxygen atoms in total. The SMILES string of the molecule is CCCCN(C)c1cc(C(=O)Nc2ccccc2OC(C)C)ncn1. The van der Waals surface area contributed by atoms with Crippen molar-refractivity contribution in [3.05, 3.63) is 42.4 Å². The number of aromatic nitrogens is 2. The predicted octanol–water partition coefficient (Wildman–Crippen LogP) is 3.75. The Morgan fingerprint density at radius 2 is 2.04 bits per heavy atom. The highest BCUT2D eigenvalue weighted by Crippen LogP contribution is 2.25. The standard InChI is InChI=1S/C19H26N4O2/c1-5-6-11-23(4)18-12-16(20-13-21-18)19(24)22-15-9-7-8-10-17(15)25-14(2)3/h7-10,12-14H,5-6,11H2,1-4H3,(H,22,24). The Labute approximate surface area is 149 Å². The largest absolute Gasteiger partial charge is 0.489 e. The number of hydrogen-bond donors (Lipinski definition) is 1. The molecule has 1 N–H and O–H groups in total. The van der Waals surface area contributed by atoms with Gasteiger partial charge in [-0.25, -0.2) is 9.97 Å². The molecule has 0 aliphatic heterocycles. The molecule has 0 aliphatic carbocycles. The molecule has 2 aromatic rings. The molecule has 1 amide bonds. The van der Waals surface area contributed by atoms with E-state index >= 15 is 0 Å². The molecule has 0 saturated carbocycles. The number of rotatable bonds is 8. The predicted molar refractivity (Wildman–Crippen MR) is 100 cm³/mol. The normalized spacial score (nSPS) is 10.6. The zero-order valence-corrected chi connectivity index (χ0v) is 15.3. The van der Waals surface area contributed by atoms with Crippen LogP contribution in [0.25, 0.3) is 0 Å². The summed E-state index contributed by atoms with van der Waals surface area (Å²) in [5, 5.41) is 2.87. The van der Waals surface area contributed by atoms with Gasteiger partial charge in [-0.15, -0.1) is 0 Å². The highest BCUT2D eigenvalue weighted by molar-refractivity contribution is 6.04. The molecule has 6 heteroatoms. The molecule has 2 rings (SSSR count). The zero-order valence-electron chi connectivity index (χ0n) is 15.3. The summed E-state index contributed by atoms with van der Waals surface area (Å²) in [5.41, 5.74) is 0.952. The van der Waals surface area contributed by atoms with Crippen LogP contribution in [0.1, 0.15) is 44.1 Å². The quantitative estimate of drug-likeness (QED) is 0.791. The van der Waals surface area contributed by atoms with Crippen LogP contribution in [0, 0.1) is 0 Å². The van der Waals surface area contributed by atoms with Crippen molar-refractivity contribution in [2.24, 2.45) is 0 Å². The van der Waals surface area contributed by atoms with E-state index in [9.17, 15) is 4.79 Å². The van der Waals surface area contributed by atoms with Gasteiger partial charge < -0.3 is 15.0 Å². The average molecular weight is 342 g/mol. The van der Waals surface area contributed by atoms with Crippen LogP contribution >= 0.6 is 0 Å². The lowest BCUT2D eigenvalue weighted by Crippen LogP contribution is -2.21. The minimum atomic E-state index is -0.285. The Balaban J connectivity index is 2.14. The van der Waals surface area contributed by atoms with E-state index in [-0.39, 0.29) is 12.0 Å². The van der Waals surface area contributed by atoms with Gasteiger partial charge in [0.25, 0.3) is 5.91 Å². The van der Waals surface area contributed by atoms with Crippen LogP contribution in [0.3, 0.4) is 0 Å². The Morgan fingerprint density at radius 3 is 2.76 bits per heavy atom. The summed E-state index contributed by atoms with van der Waals surface area (Å²) >= 11 is 0. The van der Waals surface area contributed by atoms with Crippen LogP contribution in [0.15, 0.2) is 36.7 Å². The fraction of sp³-hybridized carbons (Fsp3) is 0.421. The summed E-state index contributed by atoms with van der Waals surface area (Å²) in [6, 6.07) is 9.08. The molecular formula is C19H26N4O2. The second kappa shape index (κ2) is 9.01. The number of benzene rings is 1. The number of hydrogen-bond acceptors (Lipinski definition) is 5. The number of unbranched alkanes of at least 4 members (excludes halogenated alkanes) is 1. The van der Waals surface area contributed by atoms with Gasteiger partial charge in [-0.1, -0.05) is 25.5 Å². The van der Waals surface area contributed by atoms with Crippen molar-refractivity contribution in [3.63, 3.8) is 0 Å². The molecule has 0 unspecified atom stereocenters. The van der Waals surface area contributed by atoms with Crippen molar-refractivity contribution in [2.45, 2.75) is 39.7 Å². The maximum Gasteiger partial charge on any atom is 0.274 e. The molecule has 0 spiro atoms. The molecule has 1 heterocycles. The number of amides is 1. The van der Waals surface area contributed by atoms with E-state index in [0.29, 0.717) is 17.1 Å². The van der Waals surface area contributed by atoms with E-state index in [2.05, 4.69) is 22.2 Å². The first-order chi connectivity index (χ1) is 12.0. The van der Waals surface area contributed by atoms with Crippen molar-refractivity contribution in [1.82, 2.24) is 9.97 Å². The van der Waals surface area contributed by atoms with Crippen molar-refractivity contribution < 1.29 is 9.53 Å². The van der Waals surface area contributed by atoms with Gasteiger partial charge in [0.1, 0.15) is 23.6 Å². The smallest absolute Gasteiger partial charge is 0.274 e. The van der Waals surface area contributed by atoms with Gasteiger partial charge in [-0.2, -0.15) is 0 Å². The third kappa shape index (κ3) is 5.45. The molecule has 1 aromatic carbocycles. The minimum Gasteiger partial charge on any atom is -0.489 e. The second-order valence-electron chi connectivity index (χ2n) is 6.15. The molecule has 25 heavy (non-hydrogen) atoms. The van der Waals surface area contributed by atoms with Crippen LogP contribution in [0.2, 0.25) is 0 Å². The summed E-state index contributed by atoms with van der Waals surface area (Å²) in [4.78, 5) is 22.9. The lowest BCUT2D eigenvalue weighted by Gasteiger charge is -2.18. The van der Waals surface area contributed by atoms with E-state index in [0.717, 1.165) is 25.2 Å². The third-order valence-electron chi connectivity index (χ3n) is 3.62. The number of carbonyl (C=O) groups excluding carboxylic acids is 1. The molecule has 0 radical (unpaired) electrons. The van der Waals surface area contributed by atoms with Crippen LogP contribution in [0.4, 0.5) is 11.5 Å². The molecule has 134 valence electrons. The van der Waals surface area contributed by atoms with Crippen LogP contribution in [0.5, 0.6) is 5.75 Å². The Morgan fingerprint density at radius 1 is 1.28 bits per heavy atom. The Kier molecular flexibility index (Phi) is 6.74. The zero-order chi connectivity index (χ0) is 18.2. The first-order valence-electron chi connectivity index (χ1n) is 8.61. The lowest BCUT2D eigenvalue weighted by molar-refractivity contribution is 0.102. The topological polar surface area (TPSA) is 67.4 Å². The molecule has 0 saturated heterocycles. The second-order valence-corrected chi connectivity index (χ2v) is 6.15. The number of anilines is 2. The fourth-order valence-electron chi connectivity index (χ4n) is 2.30.